The summed E-state index contributed by atoms with van der Waals surface area (Å²) in [6.07, 6.45) is 84.5. The Balaban J connectivity index is 3.49. The SMILES string of the molecule is CCCCCCCCCCCCCC/C=C\CCCCCCCCCCCCCCCCCCCC(=O)NC(CO)C(O)/C=C/CC/C=C/CC/C=C/CCCCCCCCCCCCCCCC. The standard InChI is InChI=1S/C65H123NO3/c1-3-5-7-9-11-13-15-17-19-21-23-25-27-29-30-31-32-33-34-35-36-37-39-41-43-45-47-49-51-53-55-57-59-61-65(69)66-63(62-67)64(68)60-58-56-54-52-50-48-46-44-42-40-38-28-26-24-22-20-18-16-14-12-10-8-6-4-2/h29-30,42,44,50,52,58,60,63-64,67-68H,3-28,31-41,43,45-49,51,53-57,59,61-62H2,1-2H3,(H,66,69)/b30-29-,44-42+,52-50+,60-58+. The van der Waals surface area contributed by atoms with Gasteiger partial charge in [-0.2, -0.15) is 0 Å². The molecule has 0 heterocycles. The van der Waals surface area contributed by atoms with E-state index in [-0.39, 0.29) is 12.5 Å². The summed E-state index contributed by atoms with van der Waals surface area (Å²) in [5.41, 5.74) is 0. The van der Waals surface area contributed by atoms with Gasteiger partial charge in [0.2, 0.25) is 5.91 Å². The van der Waals surface area contributed by atoms with Gasteiger partial charge in [-0.15, -0.1) is 0 Å². The number of nitrogens with one attached hydrogen (secondary N) is 1. The second-order valence-electron chi connectivity index (χ2n) is 21.5. The van der Waals surface area contributed by atoms with Gasteiger partial charge >= 0.3 is 0 Å². The number of carbonyl (C=O) groups excluding carboxylic acids is 1. The Morgan fingerprint density at radius 1 is 0.333 bits per heavy atom. The van der Waals surface area contributed by atoms with Crippen LogP contribution in [0, 0.1) is 0 Å². The van der Waals surface area contributed by atoms with Crippen LogP contribution in [0.1, 0.15) is 341 Å². The number of allylic oxidation sites excluding steroid dienone is 7. The van der Waals surface area contributed by atoms with E-state index in [1.165, 1.54) is 283 Å². The molecule has 3 N–H and O–H groups in total. The highest BCUT2D eigenvalue weighted by Crippen LogP contribution is 2.17. The van der Waals surface area contributed by atoms with Crippen molar-refractivity contribution in [1.82, 2.24) is 5.32 Å². The summed E-state index contributed by atoms with van der Waals surface area (Å²) in [4.78, 5) is 12.5. The summed E-state index contributed by atoms with van der Waals surface area (Å²) in [7, 11) is 0. The maximum Gasteiger partial charge on any atom is 0.220 e. The minimum absolute atomic E-state index is 0.0727. The number of carbonyl (C=O) groups is 1. The molecule has 0 saturated heterocycles. The molecule has 0 aromatic heterocycles. The van der Waals surface area contributed by atoms with Gasteiger partial charge in [0, 0.05) is 6.42 Å². The minimum atomic E-state index is -0.871. The van der Waals surface area contributed by atoms with Gasteiger partial charge in [-0.1, -0.05) is 313 Å². The summed E-state index contributed by atoms with van der Waals surface area (Å²) >= 11 is 0. The predicted octanol–water partition coefficient (Wildman–Crippen LogP) is 21.0. The molecular formula is C65H123NO3. The van der Waals surface area contributed by atoms with Crippen LogP contribution >= 0.6 is 0 Å². The lowest BCUT2D eigenvalue weighted by Crippen LogP contribution is -2.45. The third kappa shape index (κ3) is 57.1. The fraction of sp³-hybridized carbons (Fsp3) is 0.862. The second kappa shape index (κ2) is 60.7. The van der Waals surface area contributed by atoms with Gasteiger partial charge in [-0.3, -0.25) is 4.79 Å². The molecule has 0 saturated carbocycles. The number of hydrogen-bond donors (Lipinski definition) is 3. The largest absolute Gasteiger partial charge is 0.394 e. The van der Waals surface area contributed by atoms with Crippen LogP contribution in [0.4, 0.5) is 0 Å². The van der Waals surface area contributed by atoms with E-state index in [1.54, 1.807) is 6.08 Å². The Kier molecular flexibility index (Phi) is 59.2. The monoisotopic (exact) mass is 966 g/mol. The fourth-order valence-corrected chi connectivity index (χ4v) is 9.74. The van der Waals surface area contributed by atoms with Crippen molar-refractivity contribution in [2.75, 3.05) is 6.61 Å². The Bertz CT molecular complexity index is 1090. The first-order chi connectivity index (χ1) is 34.2. The number of aliphatic hydroxyl groups is 2. The quantitative estimate of drug-likeness (QED) is 0.0420. The lowest BCUT2D eigenvalue weighted by molar-refractivity contribution is -0.123. The van der Waals surface area contributed by atoms with Gasteiger partial charge in [-0.05, 0) is 70.6 Å². The van der Waals surface area contributed by atoms with Crippen molar-refractivity contribution >= 4 is 5.91 Å². The van der Waals surface area contributed by atoms with Gasteiger partial charge in [0.1, 0.15) is 0 Å². The van der Waals surface area contributed by atoms with Crippen molar-refractivity contribution < 1.29 is 15.0 Å². The van der Waals surface area contributed by atoms with Crippen LogP contribution < -0.4 is 5.32 Å². The maximum atomic E-state index is 12.5. The second-order valence-corrected chi connectivity index (χ2v) is 21.5. The molecule has 69 heavy (non-hydrogen) atoms. The van der Waals surface area contributed by atoms with Gasteiger partial charge < -0.3 is 15.5 Å². The zero-order valence-corrected chi connectivity index (χ0v) is 46.8. The van der Waals surface area contributed by atoms with E-state index >= 15 is 0 Å². The number of aliphatic hydroxyl groups excluding tert-OH is 2. The van der Waals surface area contributed by atoms with Crippen LogP contribution in [0.2, 0.25) is 0 Å². The number of rotatable bonds is 58. The van der Waals surface area contributed by atoms with Gasteiger partial charge in [0.25, 0.3) is 0 Å². The van der Waals surface area contributed by atoms with Crippen LogP contribution in [-0.4, -0.2) is 34.9 Å². The molecule has 0 aromatic rings. The maximum absolute atomic E-state index is 12.5. The third-order valence-electron chi connectivity index (χ3n) is 14.5. The molecule has 0 fully saturated rings. The fourth-order valence-electron chi connectivity index (χ4n) is 9.74. The highest BCUT2D eigenvalue weighted by molar-refractivity contribution is 5.76. The molecule has 1 amide bonds. The van der Waals surface area contributed by atoms with Crippen molar-refractivity contribution in [1.29, 1.82) is 0 Å². The van der Waals surface area contributed by atoms with E-state index in [4.69, 9.17) is 0 Å². The Morgan fingerprint density at radius 2 is 0.565 bits per heavy atom. The van der Waals surface area contributed by atoms with E-state index in [1.807, 2.05) is 6.08 Å². The molecule has 4 nitrogen and oxygen atoms in total. The van der Waals surface area contributed by atoms with E-state index < -0.39 is 12.1 Å². The van der Waals surface area contributed by atoms with Gasteiger partial charge in [0.05, 0.1) is 18.8 Å². The molecule has 406 valence electrons. The Morgan fingerprint density at radius 3 is 0.841 bits per heavy atom. The van der Waals surface area contributed by atoms with E-state index in [2.05, 4.69) is 55.6 Å². The van der Waals surface area contributed by atoms with Gasteiger partial charge in [0.15, 0.2) is 0 Å². The van der Waals surface area contributed by atoms with Crippen molar-refractivity contribution in [3.8, 4) is 0 Å². The smallest absolute Gasteiger partial charge is 0.220 e. The van der Waals surface area contributed by atoms with Crippen LogP contribution in [0.15, 0.2) is 48.6 Å². The molecule has 0 aliphatic rings. The van der Waals surface area contributed by atoms with Crippen molar-refractivity contribution in [2.24, 2.45) is 0 Å². The van der Waals surface area contributed by atoms with E-state index in [0.717, 1.165) is 38.5 Å². The molecule has 0 spiro atoms. The molecule has 2 atom stereocenters. The Hall–Kier alpha value is -1.65. The van der Waals surface area contributed by atoms with Crippen LogP contribution in [0.3, 0.4) is 0 Å². The zero-order chi connectivity index (χ0) is 49.9. The zero-order valence-electron chi connectivity index (χ0n) is 46.8. The highest BCUT2D eigenvalue weighted by atomic mass is 16.3. The number of amides is 1. The van der Waals surface area contributed by atoms with Crippen LogP contribution in [0.5, 0.6) is 0 Å². The number of unbranched alkanes of at least 4 members (excludes halogenated alkanes) is 45. The lowest BCUT2D eigenvalue weighted by atomic mass is 10.0. The molecule has 0 rings (SSSR count). The van der Waals surface area contributed by atoms with Crippen molar-refractivity contribution in [3.63, 3.8) is 0 Å². The first kappa shape index (κ1) is 67.3. The van der Waals surface area contributed by atoms with Crippen LogP contribution in [0.25, 0.3) is 0 Å². The third-order valence-corrected chi connectivity index (χ3v) is 14.5. The van der Waals surface area contributed by atoms with Crippen LogP contribution in [-0.2, 0) is 4.79 Å². The number of hydrogen-bond acceptors (Lipinski definition) is 3. The van der Waals surface area contributed by atoms with Gasteiger partial charge in [-0.25, -0.2) is 0 Å². The molecule has 0 aromatic carbocycles. The highest BCUT2D eigenvalue weighted by Gasteiger charge is 2.18. The predicted molar refractivity (Wildman–Crippen MR) is 308 cm³/mol. The average molecular weight is 967 g/mol. The molecule has 0 bridgehead atoms. The molecule has 0 aliphatic carbocycles. The van der Waals surface area contributed by atoms with Crippen molar-refractivity contribution in [3.05, 3.63) is 48.6 Å². The Labute approximate surface area is 433 Å². The molecule has 0 aliphatic heterocycles. The average Bonchev–Trinajstić information content (AvgIpc) is 3.35. The topological polar surface area (TPSA) is 69.6 Å². The first-order valence-corrected chi connectivity index (χ1v) is 31.4. The molecular weight excluding hydrogens is 843 g/mol. The summed E-state index contributed by atoms with van der Waals surface area (Å²) < 4.78 is 0. The van der Waals surface area contributed by atoms with E-state index in [0.29, 0.717) is 6.42 Å². The summed E-state index contributed by atoms with van der Waals surface area (Å²) in [6, 6.07) is -0.646. The normalized spacial score (nSPS) is 13.0. The summed E-state index contributed by atoms with van der Waals surface area (Å²) in [5, 5.41) is 23.2. The molecule has 0 radical (unpaired) electrons. The molecule has 2 unspecified atom stereocenters. The van der Waals surface area contributed by atoms with Crippen molar-refractivity contribution in [2.45, 2.75) is 353 Å². The first-order valence-electron chi connectivity index (χ1n) is 31.4. The molecule has 4 heteroatoms. The summed E-state index contributed by atoms with van der Waals surface area (Å²) in [5.74, 6) is -0.0727. The lowest BCUT2D eigenvalue weighted by Gasteiger charge is -2.19. The minimum Gasteiger partial charge on any atom is -0.394 e. The summed E-state index contributed by atoms with van der Waals surface area (Å²) in [6.45, 7) is 4.33. The van der Waals surface area contributed by atoms with E-state index in [9.17, 15) is 15.0 Å².